The number of rotatable bonds is 7. The van der Waals surface area contributed by atoms with Crippen molar-refractivity contribution in [1.82, 2.24) is 10.2 Å². The van der Waals surface area contributed by atoms with Gasteiger partial charge in [0.1, 0.15) is 5.75 Å². The zero-order valence-electron chi connectivity index (χ0n) is 14.2. The average Bonchev–Trinajstić information content (AvgIpc) is 2.94. The maximum atomic E-state index is 5.64. The third-order valence-corrected chi connectivity index (χ3v) is 5.00. The number of ether oxygens (including phenoxy) is 1. The summed E-state index contributed by atoms with van der Waals surface area (Å²) in [5, 5.41) is 3.77. The summed E-state index contributed by atoms with van der Waals surface area (Å²) in [7, 11) is 4.36. The molecule has 0 amide bonds. The van der Waals surface area contributed by atoms with Crippen LogP contribution in [0.5, 0.6) is 5.75 Å². The zero-order valence-corrected chi connectivity index (χ0v) is 14.2. The van der Waals surface area contributed by atoms with Gasteiger partial charge in [-0.05, 0) is 57.6 Å². The highest BCUT2D eigenvalue weighted by atomic mass is 16.5. The topological polar surface area (TPSA) is 24.5 Å². The highest BCUT2D eigenvalue weighted by Crippen LogP contribution is 2.36. The van der Waals surface area contributed by atoms with Gasteiger partial charge in [0.15, 0.2) is 0 Å². The molecule has 0 bridgehead atoms. The lowest BCUT2D eigenvalue weighted by Crippen LogP contribution is -2.51. The number of hydrogen-bond acceptors (Lipinski definition) is 3. The molecule has 2 unspecified atom stereocenters. The molecule has 0 fully saturated rings. The minimum Gasteiger partial charge on any atom is -0.493 e. The molecule has 21 heavy (non-hydrogen) atoms. The molecule has 0 saturated carbocycles. The van der Waals surface area contributed by atoms with Crippen LogP contribution in [0.4, 0.5) is 0 Å². The first-order valence-electron chi connectivity index (χ1n) is 8.19. The summed E-state index contributed by atoms with van der Waals surface area (Å²) < 4.78 is 5.64. The second kappa shape index (κ2) is 6.80. The summed E-state index contributed by atoms with van der Waals surface area (Å²) in [6.07, 6.45) is 3.29. The maximum absolute atomic E-state index is 5.64. The predicted octanol–water partition coefficient (Wildman–Crippen LogP) is 3.39. The van der Waals surface area contributed by atoms with Gasteiger partial charge in [0, 0.05) is 12.0 Å². The van der Waals surface area contributed by atoms with E-state index in [4.69, 9.17) is 4.74 Å². The van der Waals surface area contributed by atoms with Crippen molar-refractivity contribution in [3.05, 3.63) is 29.3 Å². The number of benzene rings is 1. The lowest BCUT2D eigenvalue weighted by Gasteiger charge is -2.43. The van der Waals surface area contributed by atoms with Crippen molar-refractivity contribution < 1.29 is 4.74 Å². The molecule has 0 spiro atoms. The van der Waals surface area contributed by atoms with Crippen LogP contribution in [-0.2, 0) is 6.42 Å². The second-order valence-corrected chi connectivity index (χ2v) is 6.46. The Bertz CT molecular complexity index is 472. The van der Waals surface area contributed by atoms with E-state index in [1.165, 1.54) is 11.1 Å². The quantitative estimate of drug-likeness (QED) is 0.833. The van der Waals surface area contributed by atoms with Crippen LogP contribution in [0.2, 0.25) is 0 Å². The molecule has 0 radical (unpaired) electrons. The van der Waals surface area contributed by atoms with Crippen molar-refractivity contribution in [2.75, 3.05) is 27.2 Å². The van der Waals surface area contributed by atoms with E-state index in [0.29, 0.717) is 6.04 Å². The Kier molecular flexibility index (Phi) is 5.28. The van der Waals surface area contributed by atoms with Gasteiger partial charge in [0.25, 0.3) is 0 Å². The molecule has 3 nitrogen and oxygen atoms in total. The van der Waals surface area contributed by atoms with Crippen molar-refractivity contribution in [1.29, 1.82) is 0 Å². The maximum Gasteiger partial charge on any atom is 0.122 e. The van der Waals surface area contributed by atoms with Crippen LogP contribution in [0.15, 0.2) is 18.2 Å². The molecule has 0 saturated heterocycles. The molecule has 0 aliphatic carbocycles. The first-order valence-corrected chi connectivity index (χ1v) is 8.19. The SMILES string of the molecule is CCCNC(c1ccc2c(c1)CCO2)C(C)(CC)N(C)C. The Balaban J connectivity index is 2.35. The van der Waals surface area contributed by atoms with Crippen LogP contribution in [0.3, 0.4) is 0 Å². The third kappa shape index (κ3) is 3.24. The molecule has 2 atom stereocenters. The van der Waals surface area contributed by atoms with Crippen molar-refractivity contribution in [2.24, 2.45) is 0 Å². The van der Waals surface area contributed by atoms with Gasteiger partial charge in [-0.3, -0.25) is 0 Å². The third-order valence-electron chi connectivity index (χ3n) is 5.00. The Hall–Kier alpha value is -1.06. The largest absolute Gasteiger partial charge is 0.493 e. The van der Waals surface area contributed by atoms with Gasteiger partial charge in [0.2, 0.25) is 0 Å². The lowest BCUT2D eigenvalue weighted by molar-refractivity contribution is 0.113. The van der Waals surface area contributed by atoms with Crippen molar-refractivity contribution in [3.63, 3.8) is 0 Å². The highest BCUT2D eigenvalue weighted by molar-refractivity contribution is 5.41. The molecule has 2 rings (SSSR count). The number of hydrogen-bond donors (Lipinski definition) is 1. The van der Waals surface area contributed by atoms with Crippen LogP contribution in [-0.4, -0.2) is 37.7 Å². The van der Waals surface area contributed by atoms with Crippen molar-refractivity contribution >= 4 is 0 Å². The van der Waals surface area contributed by atoms with E-state index in [2.05, 4.69) is 63.3 Å². The van der Waals surface area contributed by atoms with E-state index in [9.17, 15) is 0 Å². The normalized spacial score (nSPS) is 18.2. The first-order chi connectivity index (χ1) is 10.0. The molecule has 118 valence electrons. The summed E-state index contributed by atoms with van der Waals surface area (Å²) in [6, 6.07) is 7.05. The van der Waals surface area contributed by atoms with E-state index >= 15 is 0 Å². The van der Waals surface area contributed by atoms with Crippen LogP contribution in [0.1, 0.15) is 50.8 Å². The van der Waals surface area contributed by atoms with E-state index in [-0.39, 0.29) is 5.54 Å². The molecule has 1 aromatic rings. The van der Waals surface area contributed by atoms with E-state index < -0.39 is 0 Å². The van der Waals surface area contributed by atoms with Crippen LogP contribution >= 0.6 is 0 Å². The number of likely N-dealkylation sites (N-methyl/N-ethyl adjacent to an activating group) is 1. The van der Waals surface area contributed by atoms with Gasteiger partial charge >= 0.3 is 0 Å². The summed E-state index contributed by atoms with van der Waals surface area (Å²) >= 11 is 0. The van der Waals surface area contributed by atoms with Crippen molar-refractivity contribution in [3.8, 4) is 5.75 Å². The molecule has 1 aromatic carbocycles. The average molecular weight is 290 g/mol. The monoisotopic (exact) mass is 290 g/mol. The zero-order chi connectivity index (χ0) is 15.5. The highest BCUT2D eigenvalue weighted by Gasteiger charge is 2.35. The van der Waals surface area contributed by atoms with Crippen LogP contribution in [0.25, 0.3) is 0 Å². The molecule has 1 heterocycles. The fourth-order valence-corrected chi connectivity index (χ4v) is 3.15. The smallest absolute Gasteiger partial charge is 0.122 e. The van der Waals surface area contributed by atoms with Gasteiger partial charge in [-0.1, -0.05) is 26.0 Å². The molecule has 3 heteroatoms. The first kappa shape index (κ1) is 16.3. The Morgan fingerprint density at radius 1 is 1.33 bits per heavy atom. The molecular weight excluding hydrogens is 260 g/mol. The fourth-order valence-electron chi connectivity index (χ4n) is 3.15. The van der Waals surface area contributed by atoms with Gasteiger partial charge in [-0.25, -0.2) is 0 Å². The van der Waals surface area contributed by atoms with Gasteiger partial charge < -0.3 is 15.0 Å². The van der Waals surface area contributed by atoms with E-state index in [1.807, 2.05) is 0 Å². The summed E-state index contributed by atoms with van der Waals surface area (Å²) in [5.74, 6) is 1.07. The minimum absolute atomic E-state index is 0.100. The lowest BCUT2D eigenvalue weighted by atomic mass is 9.82. The molecule has 0 aromatic heterocycles. The van der Waals surface area contributed by atoms with Crippen molar-refractivity contribution in [2.45, 2.75) is 51.6 Å². The molecule has 1 aliphatic heterocycles. The second-order valence-electron chi connectivity index (χ2n) is 6.46. The molecular formula is C18H30N2O. The Morgan fingerprint density at radius 2 is 2.10 bits per heavy atom. The van der Waals surface area contributed by atoms with Gasteiger partial charge in [-0.15, -0.1) is 0 Å². The van der Waals surface area contributed by atoms with Gasteiger partial charge in [0.05, 0.1) is 12.6 Å². The predicted molar refractivity (Wildman–Crippen MR) is 89.1 cm³/mol. The summed E-state index contributed by atoms with van der Waals surface area (Å²) in [4.78, 5) is 2.35. The molecule has 1 aliphatic rings. The fraction of sp³-hybridized carbons (Fsp3) is 0.667. The number of nitrogens with zero attached hydrogens (tertiary/aromatic N) is 1. The Labute approximate surface area is 129 Å². The number of nitrogens with one attached hydrogen (secondary N) is 1. The Morgan fingerprint density at radius 3 is 2.71 bits per heavy atom. The van der Waals surface area contributed by atoms with Gasteiger partial charge in [-0.2, -0.15) is 0 Å². The van der Waals surface area contributed by atoms with Crippen LogP contribution < -0.4 is 10.1 Å². The van der Waals surface area contributed by atoms with Crippen LogP contribution in [0, 0.1) is 0 Å². The summed E-state index contributed by atoms with van der Waals surface area (Å²) in [6.45, 7) is 8.72. The number of fused-ring (bicyclic) bond motifs is 1. The standard InChI is InChI=1S/C18H30N2O/c1-6-11-19-17(18(3,7-2)20(4)5)15-8-9-16-14(13-15)10-12-21-16/h8-9,13,17,19H,6-7,10-12H2,1-5H3. The minimum atomic E-state index is 0.100. The van der Waals surface area contributed by atoms with E-state index in [1.54, 1.807) is 0 Å². The van der Waals surface area contributed by atoms with E-state index in [0.717, 1.165) is 38.2 Å². The summed E-state index contributed by atoms with van der Waals surface area (Å²) in [5.41, 5.74) is 2.84. The molecule has 1 N–H and O–H groups in total.